The molecule has 2 fully saturated rings. The molecule has 2 aliphatic heterocycles. The van der Waals surface area contributed by atoms with E-state index in [4.69, 9.17) is 4.74 Å². The van der Waals surface area contributed by atoms with E-state index in [1.54, 1.807) is 12.4 Å². The third kappa shape index (κ3) is 3.61. The third-order valence-corrected chi connectivity index (χ3v) is 5.17. The van der Waals surface area contributed by atoms with Crippen molar-refractivity contribution < 1.29 is 9.53 Å². The Balaban J connectivity index is 1.63. The second-order valence-electron chi connectivity index (χ2n) is 6.86. The smallest absolute Gasteiger partial charge is 0.274 e. The van der Waals surface area contributed by atoms with Crippen LogP contribution in [-0.4, -0.2) is 64.6 Å². The van der Waals surface area contributed by atoms with Crippen molar-refractivity contribution in [3.8, 4) is 0 Å². The molecule has 0 aliphatic carbocycles. The zero-order valence-electron chi connectivity index (χ0n) is 14.8. The topological polar surface area (TPSA) is 58.6 Å². The highest BCUT2D eigenvalue weighted by Crippen LogP contribution is 2.31. The number of hydrogen-bond acceptors (Lipinski definition) is 5. The number of nitrogens with zero attached hydrogens (tertiary/aromatic N) is 4. The van der Waals surface area contributed by atoms with Crippen molar-refractivity contribution in [2.75, 3.05) is 32.8 Å². The number of rotatable bonds is 4. The van der Waals surface area contributed by atoms with Gasteiger partial charge in [0.1, 0.15) is 5.69 Å². The lowest BCUT2D eigenvalue weighted by atomic mass is 9.97. The average Bonchev–Trinajstić information content (AvgIpc) is 3.22. The van der Waals surface area contributed by atoms with Crippen LogP contribution < -0.4 is 0 Å². The maximum Gasteiger partial charge on any atom is 0.274 e. The molecule has 1 amide bonds. The first-order valence-electron chi connectivity index (χ1n) is 9.29. The van der Waals surface area contributed by atoms with Crippen molar-refractivity contribution in [2.24, 2.45) is 0 Å². The molecule has 0 spiro atoms. The lowest BCUT2D eigenvalue weighted by Gasteiger charge is -2.42. The molecule has 0 N–H and O–H groups in total. The molecule has 4 rings (SSSR count). The van der Waals surface area contributed by atoms with Gasteiger partial charge < -0.3 is 14.5 Å². The normalized spacial score (nSPS) is 23.9. The highest BCUT2D eigenvalue weighted by Gasteiger charge is 2.38. The Kier molecular flexibility index (Phi) is 5.22. The monoisotopic (exact) mass is 352 g/mol. The minimum absolute atomic E-state index is 0.0372. The number of amides is 1. The van der Waals surface area contributed by atoms with Gasteiger partial charge in [0.05, 0.1) is 24.9 Å². The summed E-state index contributed by atoms with van der Waals surface area (Å²) in [5.41, 5.74) is 1.49. The summed E-state index contributed by atoms with van der Waals surface area (Å²) in [6.45, 7) is 4.18. The second-order valence-corrected chi connectivity index (χ2v) is 6.86. The Morgan fingerprint density at radius 2 is 1.92 bits per heavy atom. The lowest BCUT2D eigenvalue weighted by molar-refractivity contribution is -0.0708. The van der Waals surface area contributed by atoms with Gasteiger partial charge in [-0.1, -0.05) is 30.3 Å². The Morgan fingerprint density at radius 3 is 2.65 bits per heavy atom. The van der Waals surface area contributed by atoms with E-state index in [0.717, 1.165) is 25.2 Å². The van der Waals surface area contributed by atoms with Crippen molar-refractivity contribution in [2.45, 2.75) is 25.0 Å². The average molecular weight is 352 g/mol. The molecule has 136 valence electrons. The molecule has 1 aromatic heterocycles. The standard InChI is InChI=1S/C20H24N4O2/c25-20(17-14-21-8-9-22-17)24-12-13-26-18(15-23-10-4-5-11-23)19(24)16-6-2-1-3-7-16/h1-3,6-9,14,18-19H,4-5,10-13,15H2/t18-,19-/m0/s1. The van der Waals surface area contributed by atoms with Crippen LogP contribution in [0.1, 0.15) is 34.9 Å². The fourth-order valence-electron chi connectivity index (χ4n) is 3.93. The summed E-state index contributed by atoms with van der Waals surface area (Å²) < 4.78 is 6.15. The van der Waals surface area contributed by atoms with Crippen molar-refractivity contribution in [1.82, 2.24) is 19.8 Å². The summed E-state index contributed by atoms with van der Waals surface area (Å²) in [6, 6.07) is 10.1. The Hall–Kier alpha value is -2.31. The summed E-state index contributed by atoms with van der Waals surface area (Å²) in [7, 11) is 0. The van der Waals surface area contributed by atoms with Gasteiger partial charge in [0, 0.05) is 25.5 Å². The molecule has 0 radical (unpaired) electrons. The molecule has 1 aromatic carbocycles. The van der Waals surface area contributed by atoms with Crippen LogP contribution in [0.25, 0.3) is 0 Å². The van der Waals surface area contributed by atoms with Crippen LogP contribution in [0.2, 0.25) is 0 Å². The van der Waals surface area contributed by atoms with E-state index >= 15 is 0 Å². The van der Waals surface area contributed by atoms with Crippen LogP contribution in [0.15, 0.2) is 48.9 Å². The highest BCUT2D eigenvalue weighted by molar-refractivity contribution is 5.92. The van der Waals surface area contributed by atoms with Crippen LogP contribution in [0.5, 0.6) is 0 Å². The van der Waals surface area contributed by atoms with Gasteiger partial charge in [0.15, 0.2) is 0 Å². The fourth-order valence-corrected chi connectivity index (χ4v) is 3.93. The Morgan fingerprint density at radius 1 is 1.12 bits per heavy atom. The largest absolute Gasteiger partial charge is 0.373 e. The van der Waals surface area contributed by atoms with Crippen molar-refractivity contribution >= 4 is 5.91 Å². The number of morpholine rings is 1. The minimum Gasteiger partial charge on any atom is -0.373 e. The van der Waals surface area contributed by atoms with Crippen molar-refractivity contribution in [1.29, 1.82) is 0 Å². The quantitative estimate of drug-likeness (QED) is 0.844. The maximum absolute atomic E-state index is 13.1. The maximum atomic E-state index is 13.1. The van der Waals surface area contributed by atoms with Gasteiger partial charge in [-0.2, -0.15) is 0 Å². The highest BCUT2D eigenvalue weighted by atomic mass is 16.5. The first-order valence-corrected chi connectivity index (χ1v) is 9.29. The van der Waals surface area contributed by atoms with E-state index in [1.165, 1.54) is 19.0 Å². The van der Waals surface area contributed by atoms with E-state index in [9.17, 15) is 4.79 Å². The molecule has 2 aromatic rings. The lowest BCUT2D eigenvalue weighted by Crippen LogP contribution is -2.51. The van der Waals surface area contributed by atoms with E-state index in [0.29, 0.717) is 18.8 Å². The molecule has 0 bridgehead atoms. The summed E-state index contributed by atoms with van der Waals surface area (Å²) in [4.78, 5) is 25.7. The van der Waals surface area contributed by atoms with Crippen LogP contribution in [0.3, 0.4) is 0 Å². The number of hydrogen-bond donors (Lipinski definition) is 0. The fraction of sp³-hybridized carbons (Fsp3) is 0.450. The molecule has 0 saturated carbocycles. The van der Waals surface area contributed by atoms with E-state index in [-0.39, 0.29) is 18.1 Å². The molecular weight excluding hydrogens is 328 g/mol. The first kappa shape index (κ1) is 17.1. The number of aromatic nitrogens is 2. The van der Waals surface area contributed by atoms with Gasteiger partial charge in [-0.25, -0.2) is 4.98 Å². The van der Waals surface area contributed by atoms with E-state index < -0.39 is 0 Å². The number of ether oxygens (including phenoxy) is 1. The first-order chi connectivity index (χ1) is 12.8. The van der Waals surface area contributed by atoms with Gasteiger partial charge in [0.25, 0.3) is 5.91 Å². The number of carbonyl (C=O) groups excluding carboxylic acids is 1. The molecule has 0 unspecified atom stereocenters. The van der Waals surface area contributed by atoms with Gasteiger partial charge in [-0.15, -0.1) is 0 Å². The minimum atomic E-state index is -0.111. The third-order valence-electron chi connectivity index (χ3n) is 5.17. The summed E-state index contributed by atoms with van der Waals surface area (Å²) >= 11 is 0. The van der Waals surface area contributed by atoms with Gasteiger partial charge in [-0.05, 0) is 31.5 Å². The molecule has 6 nitrogen and oxygen atoms in total. The van der Waals surface area contributed by atoms with Gasteiger partial charge >= 0.3 is 0 Å². The van der Waals surface area contributed by atoms with Crippen molar-refractivity contribution in [3.05, 3.63) is 60.2 Å². The van der Waals surface area contributed by atoms with E-state index in [1.807, 2.05) is 23.1 Å². The molecule has 3 heterocycles. The van der Waals surface area contributed by atoms with Crippen LogP contribution in [0.4, 0.5) is 0 Å². The van der Waals surface area contributed by atoms with E-state index in [2.05, 4.69) is 27.0 Å². The Bertz CT molecular complexity index is 719. The molecular formula is C20H24N4O2. The zero-order chi connectivity index (χ0) is 17.8. The molecule has 6 heteroatoms. The van der Waals surface area contributed by atoms with Gasteiger partial charge in [0.2, 0.25) is 0 Å². The summed E-state index contributed by atoms with van der Waals surface area (Å²) in [6.07, 6.45) is 7.13. The summed E-state index contributed by atoms with van der Waals surface area (Å²) in [5, 5.41) is 0. The number of likely N-dealkylation sites (tertiary alicyclic amines) is 1. The summed E-state index contributed by atoms with van der Waals surface area (Å²) in [5.74, 6) is -0.0818. The molecule has 2 atom stereocenters. The van der Waals surface area contributed by atoms with Crippen LogP contribution in [-0.2, 0) is 4.74 Å². The SMILES string of the molecule is O=C(c1cnccn1)N1CCO[C@@H](CN2CCCC2)[C@@H]1c1ccccc1. The van der Waals surface area contributed by atoms with Crippen LogP contribution in [0, 0.1) is 0 Å². The molecule has 2 saturated heterocycles. The Labute approximate surface area is 153 Å². The van der Waals surface area contributed by atoms with Crippen LogP contribution >= 0.6 is 0 Å². The second kappa shape index (κ2) is 7.93. The zero-order valence-corrected chi connectivity index (χ0v) is 14.8. The molecule has 2 aliphatic rings. The predicted octanol–water partition coefficient (Wildman–Crippen LogP) is 2.15. The predicted molar refractivity (Wildman–Crippen MR) is 97.7 cm³/mol. The van der Waals surface area contributed by atoms with Crippen molar-refractivity contribution in [3.63, 3.8) is 0 Å². The molecule has 26 heavy (non-hydrogen) atoms. The number of carbonyl (C=O) groups is 1. The van der Waals surface area contributed by atoms with Gasteiger partial charge in [-0.3, -0.25) is 9.78 Å². The number of benzene rings is 1.